The van der Waals surface area contributed by atoms with E-state index < -0.39 is 0 Å². The molecule has 0 aromatic carbocycles. The molecule has 0 saturated carbocycles. The Morgan fingerprint density at radius 1 is 1.60 bits per heavy atom. The van der Waals surface area contributed by atoms with Crippen LogP contribution in [0.3, 0.4) is 0 Å². The topological polar surface area (TPSA) is 68.8 Å². The number of carboxylic acid groups (broad SMARTS) is 1. The summed E-state index contributed by atoms with van der Waals surface area (Å²) >= 11 is 0. The van der Waals surface area contributed by atoms with Crippen molar-refractivity contribution < 1.29 is 32.4 Å². The van der Waals surface area contributed by atoms with Crippen LogP contribution in [0.15, 0.2) is 0 Å². The molecular formula is CH4CuO3. The van der Waals surface area contributed by atoms with Gasteiger partial charge in [-0.3, -0.25) is 4.79 Å². The molecule has 0 saturated heterocycles. The molecule has 5 heavy (non-hydrogen) atoms. The van der Waals surface area contributed by atoms with E-state index in [0.29, 0.717) is 0 Å². The zero-order valence-corrected chi connectivity index (χ0v) is 3.18. The standard InChI is InChI=1S/CH2O2.Cu.H2O/c2-1-3;;/h1H,(H,2,3);;1H2. The van der Waals surface area contributed by atoms with E-state index in [1.165, 1.54) is 0 Å². The van der Waals surface area contributed by atoms with Gasteiger partial charge in [-0.15, -0.1) is 0 Å². The molecule has 0 aliphatic heterocycles. The largest absolute Gasteiger partial charge is 0.483 e. The molecule has 37 valence electrons. The van der Waals surface area contributed by atoms with E-state index in [1.807, 2.05) is 0 Å². The Morgan fingerprint density at radius 2 is 1.60 bits per heavy atom. The molecule has 0 bridgehead atoms. The molecule has 0 unspecified atom stereocenters. The Hall–Kier alpha value is -0.0505. The van der Waals surface area contributed by atoms with Crippen LogP contribution in [0.1, 0.15) is 0 Å². The molecule has 0 aromatic heterocycles. The normalized spacial score (nSPS) is 2.40. The Kier molecular flexibility index (Phi) is 155. The predicted octanol–water partition coefficient (Wildman–Crippen LogP) is -1.13. The average molecular weight is 128 g/mol. The first-order valence-corrected chi connectivity index (χ1v) is 0.494. The maximum Gasteiger partial charge on any atom is 0.290 e. The van der Waals surface area contributed by atoms with E-state index in [-0.39, 0.29) is 29.0 Å². The number of carbonyl (C=O) groups is 1. The van der Waals surface area contributed by atoms with Crippen LogP contribution in [0.2, 0.25) is 0 Å². The summed E-state index contributed by atoms with van der Waals surface area (Å²) in [6.45, 7) is -0.250. The molecule has 0 spiro atoms. The fourth-order valence-corrected chi connectivity index (χ4v) is 0. The smallest absolute Gasteiger partial charge is 0.290 e. The van der Waals surface area contributed by atoms with Crippen LogP contribution >= 0.6 is 0 Å². The minimum atomic E-state index is -0.250. The second-order valence-electron chi connectivity index (χ2n) is 0.105. The van der Waals surface area contributed by atoms with Gasteiger partial charge in [0.2, 0.25) is 0 Å². The van der Waals surface area contributed by atoms with Gasteiger partial charge in [-0.2, -0.15) is 0 Å². The van der Waals surface area contributed by atoms with Crippen molar-refractivity contribution >= 4 is 6.47 Å². The fourth-order valence-electron chi connectivity index (χ4n) is 0. The molecule has 0 aliphatic rings. The molecule has 3 N–H and O–H groups in total. The Bertz CT molecular complexity index is 14.4. The Labute approximate surface area is 39.8 Å². The molecule has 0 rings (SSSR count). The summed E-state index contributed by atoms with van der Waals surface area (Å²) in [5.41, 5.74) is 0. The van der Waals surface area contributed by atoms with Gasteiger partial charge in [-0.25, -0.2) is 0 Å². The van der Waals surface area contributed by atoms with Crippen molar-refractivity contribution in [1.29, 1.82) is 0 Å². The molecule has 0 aliphatic carbocycles. The van der Waals surface area contributed by atoms with Crippen molar-refractivity contribution in [2.45, 2.75) is 0 Å². The second-order valence-corrected chi connectivity index (χ2v) is 0.105. The molecule has 0 heterocycles. The van der Waals surface area contributed by atoms with Crippen LogP contribution in [0, 0.1) is 0 Å². The minimum absolute atomic E-state index is 0. The van der Waals surface area contributed by atoms with Crippen LogP contribution in [-0.4, -0.2) is 17.1 Å². The van der Waals surface area contributed by atoms with E-state index in [9.17, 15) is 0 Å². The molecule has 1 radical (unpaired) electrons. The summed E-state index contributed by atoms with van der Waals surface area (Å²) in [6, 6.07) is 0. The maximum absolute atomic E-state index is 8.36. The van der Waals surface area contributed by atoms with Crippen LogP contribution in [-0.2, 0) is 21.9 Å². The molecule has 3 nitrogen and oxygen atoms in total. The van der Waals surface area contributed by atoms with Crippen LogP contribution < -0.4 is 0 Å². The third kappa shape index (κ3) is 5880. The van der Waals surface area contributed by atoms with Crippen molar-refractivity contribution in [2.24, 2.45) is 0 Å². The van der Waals surface area contributed by atoms with Crippen molar-refractivity contribution in [3.8, 4) is 0 Å². The SMILES string of the molecule is O.O=CO.[Cu]. The summed E-state index contributed by atoms with van der Waals surface area (Å²) in [5, 5.41) is 6.89. The van der Waals surface area contributed by atoms with Crippen LogP contribution in [0.4, 0.5) is 0 Å². The summed E-state index contributed by atoms with van der Waals surface area (Å²) in [6.07, 6.45) is 0. The van der Waals surface area contributed by atoms with E-state index >= 15 is 0 Å². The fraction of sp³-hybridized carbons (Fsp3) is 0. The van der Waals surface area contributed by atoms with Gasteiger partial charge in [0.25, 0.3) is 6.47 Å². The van der Waals surface area contributed by atoms with Crippen molar-refractivity contribution in [3.63, 3.8) is 0 Å². The van der Waals surface area contributed by atoms with Gasteiger partial charge in [0, 0.05) is 17.1 Å². The van der Waals surface area contributed by atoms with E-state index in [2.05, 4.69) is 0 Å². The second kappa shape index (κ2) is 38.1. The van der Waals surface area contributed by atoms with Gasteiger partial charge < -0.3 is 10.6 Å². The molecule has 0 fully saturated rings. The summed E-state index contributed by atoms with van der Waals surface area (Å²) in [5.74, 6) is 0. The van der Waals surface area contributed by atoms with E-state index in [1.54, 1.807) is 0 Å². The first-order chi connectivity index (χ1) is 1.41. The summed E-state index contributed by atoms with van der Waals surface area (Å²) < 4.78 is 0. The molecule has 0 aromatic rings. The van der Waals surface area contributed by atoms with Gasteiger partial charge in [0.15, 0.2) is 0 Å². The number of hydrogen-bond donors (Lipinski definition) is 1. The van der Waals surface area contributed by atoms with Gasteiger partial charge in [-0.1, -0.05) is 0 Å². The van der Waals surface area contributed by atoms with Gasteiger partial charge in [0.05, 0.1) is 0 Å². The third-order valence-electron chi connectivity index (χ3n) is 0. The van der Waals surface area contributed by atoms with Gasteiger partial charge >= 0.3 is 0 Å². The van der Waals surface area contributed by atoms with Crippen LogP contribution in [0.5, 0.6) is 0 Å². The molecular weight excluding hydrogens is 124 g/mol. The third-order valence-corrected chi connectivity index (χ3v) is 0. The number of rotatable bonds is 0. The predicted molar refractivity (Wildman–Crippen MR) is 12.3 cm³/mol. The zero-order valence-electron chi connectivity index (χ0n) is 2.23. The zero-order chi connectivity index (χ0) is 2.71. The minimum Gasteiger partial charge on any atom is -0.483 e. The van der Waals surface area contributed by atoms with Crippen LogP contribution in [0.25, 0.3) is 0 Å². The first kappa shape index (κ1) is 20.3. The average Bonchev–Trinajstić information content (AvgIpc) is 0.918. The summed E-state index contributed by atoms with van der Waals surface area (Å²) in [4.78, 5) is 8.36. The van der Waals surface area contributed by atoms with Crippen molar-refractivity contribution in [2.75, 3.05) is 0 Å². The summed E-state index contributed by atoms with van der Waals surface area (Å²) in [7, 11) is 0. The molecule has 4 heteroatoms. The van der Waals surface area contributed by atoms with Gasteiger partial charge in [0.1, 0.15) is 0 Å². The molecule has 0 atom stereocenters. The quantitative estimate of drug-likeness (QED) is 0.331. The first-order valence-electron chi connectivity index (χ1n) is 0.494. The van der Waals surface area contributed by atoms with E-state index in [0.717, 1.165) is 0 Å². The maximum atomic E-state index is 8.36. The molecule has 0 amide bonds. The monoisotopic (exact) mass is 127 g/mol. The Balaban J connectivity index is -0.0000000200. The Morgan fingerprint density at radius 3 is 1.60 bits per heavy atom. The van der Waals surface area contributed by atoms with Gasteiger partial charge in [-0.05, 0) is 0 Å². The van der Waals surface area contributed by atoms with E-state index in [4.69, 9.17) is 9.90 Å². The van der Waals surface area contributed by atoms with Crippen molar-refractivity contribution in [3.05, 3.63) is 0 Å². The van der Waals surface area contributed by atoms with Crippen molar-refractivity contribution in [1.82, 2.24) is 0 Å². The number of hydrogen-bond acceptors (Lipinski definition) is 1.